The van der Waals surface area contributed by atoms with Crippen molar-refractivity contribution in [3.63, 3.8) is 0 Å². The van der Waals surface area contributed by atoms with Crippen LogP contribution < -0.4 is 5.32 Å². The van der Waals surface area contributed by atoms with Crippen LogP contribution in [0.5, 0.6) is 0 Å². The molecule has 23 heavy (non-hydrogen) atoms. The monoisotopic (exact) mass is 326 g/mol. The van der Waals surface area contributed by atoms with E-state index in [9.17, 15) is 9.90 Å². The first kappa shape index (κ1) is 15.5. The van der Waals surface area contributed by atoms with Gasteiger partial charge in [0.1, 0.15) is 0 Å². The highest BCUT2D eigenvalue weighted by Gasteiger charge is 2.19. The molecule has 0 aliphatic heterocycles. The molecular formula is C18H15ClN2O2. The van der Waals surface area contributed by atoms with E-state index in [1.54, 1.807) is 24.3 Å². The molecule has 3 aromatic rings. The Morgan fingerprint density at radius 1 is 1.09 bits per heavy atom. The first-order valence-electron chi connectivity index (χ1n) is 7.20. The molecule has 2 N–H and O–H groups in total. The molecule has 0 aliphatic rings. The van der Waals surface area contributed by atoms with Gasteiger partial charge < -0.3 is 10.4 Å². The van der Waals surface area contributed by atoms with Crippen molar-refractivity contribution in [2.75, 3.05) is 0 Å². The zero-order valence-electron chi connectivity index (χ0n) is 12.2. The average Bonchev–Trinajstić information content (AvgIpc) is 2.59. The first-order valence-corrected chi connectivity index (χ1v) is 7.58. The fourth-order valence-electron chi connectivity index (χ4n) is 2.32. The van der Waals surface area contributed by atoms with Gasteiger partial charge in [-0.2, -0.15) is 0 Å². The van der Waals surface area contributed by atoms with E-state index in [-0.39, 0.29) is 6.54 Å². The number of aliphatic hydroxyl groups excluding tert-OH is 1. The molecule has 2 aromatic carbocycles. The number of aliphatic hydroxyl groups is 1. The van der Waals surface area contributed by atoms with Crippen LogP contribution in [0, 0.1) is 0 Å². The number of halogens is 1. The highest BCUT2D eigenvalue weighted by atomic mass is 35.5. The van der Waals surface area contributed by atoms with Gasteiger partial charge in [0.25, 0.3) is 5.91 Å². The predicted molar refractivity (Wildman–Crippen MR) is 90.0 cm³/mol. The Balaban J connectivity index is 1.69. The average molecular weight is 327 g/mol. The summed E-state index contributed by atoms with van der Waals surface area (Å²) in [5.41, 5.74) is 1.98. The molecule has 0 radical (unpaired) electrons. The van der Waals surface area contributed by atoms with Crippen molar-refractivity contribution in [2.45, 2.75) is 12.6 Å². The highest BCUT2D eigenvalue weighted by molar-refractivity contribution is 6.31. The lowest BCUT2D eigenvalue weighted by atomic mass is 10.1. The van der Waals surface area contributed by atoms with Crippen molar-refractivity contribution in [3.8, 4) is 0 Å². The number of hydrogen-bond acceptors (Lipinski definition) is 3. The number of nitrogens with zero attached hydrogens (tertiary/aromatic N) is 1. The number of carbonyl (C=O) groups is 1. The summed E-state index contributed by atoms with van der Waals surface area (Å²) < 4.78 is 0. The van der Waals surface area contributed by atoms with Gasteiger partial charge in [-0.05, 0) is 18.2 Å². The van der Waals surface area contributed by atoms with Crippen LogP contribution in [0.15, 0.2) is 60.7 Å². The molecule has 0 aliphatic carbocycles. The predicted octanol–water partition coefficient (Wildman–Crippen LogP) is 3.24. The summed E-state index contributed by atoms with van der Waals surface area (Å²) in [7, 11) is 0. The Labute approximate surface area is 138 Å². The quantitative estimate of drug-likeness (QED) is 0.773. The standard InChI is InChI=1S/C18H15ClN2O2/c19-15-7-3-2-6-14(15)17(22)18(23)20-11-13-10-9-12-5-1-4-8-16(12)21-13/h1-10,17,22H,11H2,(H,20,23)/t17-/m1/s1. The van der Waals surface area contributed by atoms with E-state index in [1.165, 1.54) is 0 Å². The van der Waals surface area contributed by atoms with Gasteiger partial charge >= 0.3 is 0 Å². The second kappa shape index (κ2) is 6.77. The van der Waals surface area contributed by atoms with Crippen LogP contribution >= 0.6 is 11.6 Å². The molecule has 0 saturated carbocycles. The lowest BCUT2D eigenvalue weighted by Crippen LogP contribution is -2.29. The van der Waals surface area contributed by atoms with Gasteiger partial charge in [-0.1, -0.05) is 54.1 Å². The third-order valence-corrected chi connectivity index (χ3v) is 3.89. The maximum Gasteiger partial charge on any atom is 0.253 e. The Hall–Kier alpha value is -2.43. The molecule has 0 unspecified atom stereocenters. The molecule has 1 aromatic heterocycles. The van der Waals surface area contributed by atoms with Crippen molar-refractivity contribution in [1.82, 2.24) is 10.3 Å². The summed E-state index contributed by atoms with van der Waals surface area (Å²) in [4.78, 5) is 16.6. The van der Waals surface area contributed by atoms with Crippen LogP contribution in [0.1, 0.15) is 17.4 Å². The summed E-state index contributed by atoms with van der Waals surface area (Å²) in [6.07, 6.45) is -1.30. The van der Waals surface area contributed by atoms with Gasteiger partial charge in [0.05, 0.1) is 17.8 Å². The minimum atomic E-state index is -1.30. The Morgan fingerprint density at radius 3 is 2.65 bits per heavy atom. The topological polar surface area (TPSA) is 62.2 Å². The van der Waals surface area contributed by atoms with E-state index in [0.717, 1.165) is 16.6 Å². The van der Waals surface area contributed by atoms with Crippen molar-refractivity contribution in [1.29, 1.82) is 0 Å². The zero-order chi connectivity index (χ0) is 16.2. The molecule has 1 heterocycles. The number of carbonyl (C=O) groups excluding carboxylic acids is 1. The van der Waals surface area contributed by atoms with Gasteiger partial charge in [0.2, 0.25) is 0 Å². The normalized spacial score (nSPS) is 12.1. The minimum Gasteiger partial charge on any atom is -0.378 e. The SMILES string of the molecule is O=C(NCc1ccc2ccccc2n1)[C@H](O)c1ccccc1Cl. The number of pyridine rings is 1. The van der Waals surface area contributed by atoms with Gasteiger partial charge in [-0.15, -0.1) is 0 Å². The summed E-state index contributed by atoms with van der Waals surface area (Å²) in [5, 5.41) is 14.2. The summed E-state index contributed by atoms with van der Waals surface area (Å²) in [6, 6.07) is 18.3. The molecule has 0 spiro atoms. The second-order valence-corrected chi connectivity index (χ2v) is 5.54. The van der Waals surface area contributed by atoms with E-state index in [2.05, 4.69) is 10.3 Å². The molecule has 1 amide bonds. The van der Waals surface area contributed by atoms with Crippen LogP contribution in [-0.4, -0.2) is 16.0 Å². The van der Waals surface area contributed by atoms with Crippen LogP contribution in [0.2, 0.25) is 5.02 Å². The smallest absolute Gasteiger partial charge is 0.253 e. The summed E-state index contributed by atoms with van der Waals surface area (Å²) in [6.45, 7) is 0.241. The number of rotatable bonds is 4. The number of nitrogens with one attached hydrogen (secondary N) is 1. The van der Waals surface area contributed by atoms with Gasteiger partial charge in [0.15, 0.2) is 6.10 Å². The molecule has 5 heteroatoms. The van der Waals surface area contributed by atoms with Gasteiger partial charge in [0, 0.05) is 16.0 Å². The van der Waals surface area contributed by atoms with E-state index >= 15 is 0 Å². The van der Waals surface area contributed by atoms with E-state index < -0.39 is 12.0 Å². The fraction of sp³-hybridized carbons (Fsp3) is 0.111. The largest absolute Gasteiger partial charge is 0.378 e. The van der Waals surface area contributed by atoms with Crippen LogP contribution in [0.25, 0.3) is 10.9 Å². The van der Waals surface area contributed by atoms with Crippen LogP contribution in [-0.2, 0) is 11.3 Å². The number of hydrogen-bond donors (Lipinski definition) is 2. The maximum absolute atomic E-state index is 12.1. The Kier molecular flexibility index (Phi) is 4.55. The van der Waals surface area contributed by atoms with Crippen LogP contribution in [0.3, 0.4) is 0 Å². The van der Waals surface area contributed by atoms with Crippen molar-refractivity contribution < 1.29 is 9.90 Å². The lowest BCUT2D eigenvalue weighted by Gasteiger charge is -2.13. The number of para-hydroxylation sites is 1. The molecule has 0 bridgehead atoms. The number of benzene rings is 2. The molecule has 0 saturated heterocycles. The van der Waals surface area contributed by atoms with E-state index in [4.69, 9.17) is 11.6 Å². The molecular weight excluding hydrogens is 312 g/mol. The van der Waals surface area contributed by atoms with E-state index in [1.807, 2.05) is 36.4 Å². The third kappa shape index (κ3) is 3.50. The third-order valence-electron chi connectivity index (χ3n) is 3.55. The first-order chi connectivity index (χ1) is 11.1. The van der Waals surface area contributed by atoms with Gasteiger partial charge in [-0.3, -0.25) is 9.78 Å². The van der Waals surface area contributed by atoms with Crippen LogP contribution in [0.4, 0.5) is 0 Å². The van der Waals surface area contributed by atoms with Crippen molar-refractivity contribution >= 4 is 28.4 Å². The lowest BCUT2D eigenvalue weighted by molar-refractivity contribution is -0.129. The van der Waals surface area contributed by atoms with Crippen molar-refractivity contribution in [3.05, 3.63) is 76.9 Å². The zero-order valence-corrected chi connectivity index (χ0v) is 13.0. The second-order valence-electron chi connectivity index (χ2n) is 5.14. The molecule has 4 nitrogen and oxygen atoms in total. The van der Waals surface area contributed by atoms with Crippen molar-refractivity contribution in [2.24, 2.45) is 0 Å². The number of aromatic nitrogens is 1. The summed E-state index contributed by atoms with van der Waals surface area (Å²) >= 11 is 5.99. The molecule has 1 atom stereocenters. The highest BCUT2D eigenvalue weighted by Crippen LogP contribution is 2.22. The fourth-order valence-corrected chi connectivity index (χ4v) is 2.56. The Morgan fingerprint density at radius 2 is 1.83 bits per heavy atom. The Bertz CT molecular complexity index is 851. The molecule has 3 rings (SSSR count). The summed E-state index contributed by atoms with van der Waals surface area (Å²) in [5.74, 6) is -0.506. The number of fused-ring (bicyclic) bond motifs is 1. The van der Waals surface area contributed by atoms with E-state index in [0.29, 0.717) is 10.6 Å². The molecule has 116 valence electrons. The number of amides is 1. The molecule has 0 fully saturated rings. The minimum absolute atomic E-state index is 0.241. The maximum atomic E-state index is 12.1. The van der Waals surface area contributed by atoms with Gasteiger partial charge in [-0.25, -0.2) is 0 Å².